The van der Waals surface area contributed by atoms with E-state index in [1.165, 1.54) is 0 Å². The second-order valence-electron chi connectivity index (χ2n) is 4.45. The molecule has 98 valence electrons. The van der Waals surface area contributed by atoms with Gasteiger partial charge < -0.3 is 16.4 Å². The Balaban J connectivity index is 4.26. The summed E-state index contributed by atoms with van der Waals surface area (Å²) in [5, 5.41) is 9.84. The number of hydrogen-bond acceptors (Lipinski definition) is 6. The first-order valence-electron chi connectivity index (χ1n) is 5.60. The number of nitrogens with two attached hydrogens (primary N) is 1. The molecule has 16 heavy (non-hydrogen) atoms. The van der Waals surface area contributed by atoms with E-state index in [1.54, 1.807) is 0 Å². The molecule has 0 aliphatic carbocycles. The van der Waals surface area contributed by atoms with Crippen molar-refractivity contribution in [1.29, 1.82) is 0 Å². The summed E-state index contributed by atoms with van der Waals surface area (Å²) in [6.07, 6.45) is 0. The largest absolute Gasteiger partial charge is 0.318 e. The summed E-state index contributed by atoms with van der Waals surface area (Å²) < 4.78 is 0. The molecule has 4 nitrogen and oxygen atoms in total. The van der Waals surface area contributed by atoms with E-state index in [0.717, 1.165) is 18.8 Å². The molecule has 0 bridgehead atoms. The molecule has 0 spiro atoms. The van der Waals surface area contributed by atoms with Gasteiger partial charge in [-0.1, -0.05) is 6.92 Å². The third-order valence-electron chi connectivity index (χ3n) is 2.56. The molecule has 0 fully saturated rings. The Hall–Kier alpha value is 0.540. The van der Waals surface area contributed by atoms with Crippen LogP contribution in [0.4, 0.5) is 0 Å². The minimum Gasteiger partial charge on any atom is -0.318 e. The van der Waals surface area contributed by atoms with Crippen LogP contribution in [0.2, 0.25) is 0 Å². The topological polar surface area (TPSA) is 62.1 Å². The third kappa shape index (κ3) is 5.75. The quantitative estimate of drug-likeness (QED) is 0.256. The standard InChI is InChI=1S/C10H26N4S2/c1-4-13-10(11,8-16)6-14-9(2,7-15)5-12-3/h12-16H,4-8,11H2,1-3H3. The van der Waals surface area contributed by atoms with E-state index in [4.69, 9.17) is 5.73 Å². The molecular formula is C10H26N4S2. The lowest BCUT2D eigenvalue weighted by molar-refractivity contribution is 0.297. The molecule has 0 aliphatic rings. The lowest BCUT2D eigenvalue weighted by Crippen LogP contribution is -2.65. The van der Waals surface area contributed by atoms with Crippen molar-refractivity contribution in [3.63, 3.8) is 0 Å². The van der Waals surface area contributed by atoms with E-state index >= 15 is 0 Å². The van der Waals surface area contributed by atoms with Gasteiger partial charge in [-0.15, -0.1) is 0 Å². The smallest absolute Gasteiger partial charge is 0.0880 e. The molecule has 0 amide bonds. The van der Waals surface area contributed by atoms with Crippen molar-refractivity contribution in [1.82, 2.24) is 16.0 Å². The molecule has 0 aromatic rings. The molecule has 0 aromatic carbocycles. The number of thiol groups is 2. The number of rotatable bonds is 9. The Labute approximate surface area is 110 Å². The average Bonchev–Trinajstić information content (AvgIpc) is 2.27. The summed E-state index contributed by atoms with van der Waals surface area (Å²) in [7, 11) is 1.93. The van der Waals surface area contributed by atoms with Gasteiger partial charge in [0.25, 0.3) is 0 Å². The molecule has 0 radical (unpaired) electrons. The van der Waals surface area contributed by atoms with E-state index in [0.29, 0.717) is 12.3 Å². The summed E-state index contributed by atoms with van der Waals surface area (Å²) >= 11 is 8.65. The Morgan fingerprint density at radius 1 is 1.12 bits per heavy atom. The van der Waals surface area contributed by atoms with Gasteiger partial charge in [0.15, 0.2) is 0 Å². The highest BCUT2D eigenvalue weighted by Gasteiger charge is 2.27. The molecule has 2 atom stereocenters. The molecule has 2 unspecified atom stereocenters. The first-order valence-corrected chi connectivity index (χ1v) is 6.87. The van der Waals surface area contributed by atoms with Crippen LogP contribution in [0.5, 0.6) is 0 Å². The van der Waals surface area contributed by atoms with Crippen LogP contribution in [0, 0.1) is 0 Å². The number of likely N-dealkylation sites (N-methyl/N-ethyl adjacent to an activating group) is 2. The fraction of sp³-hybridized carbons (Fsp3) is 1.00. The summed E-state index contributed by atoms with van der Waals surface area (Å²) in [6.45, 7) is 6.52. The lowest BCUT2D eigenvalue weighted by atomic mass is 10.0. The maximum atomic E-state index is 6.17. The Morgan fingerprint density at radius 2 is 1.75 bits per heavy atom. The molecule has 6 heteroatoms. The summed E-state index contributed by atoms with van der Waals surface area (Å²) in [6, 6.07) is 0. The normalized spacial score (nSPS) is 19.1. The monoisotopic (exact) mass is 266 g/mol. The van der Waals surface area contributed by atoms with Gasteiger partial charge in [-0.25, -0.2) is 0 Å². The van der Waals surface area contributed by atoms with E-state index < -0.39 is 5.66 Å². The van der Waals surface area contributed by atoms with Crippen LogP contribution in [0.3, 0.4) is 0 Å². The predicted molar refractivity (Wildman–Crippen MR) is 78.6 cm³/mol. The minimum atomic E-state index is -0.462. The molecule has 5 N–H and O–H groups in total. The van der Waals surface area contributed by atoms with Gasteiger partial charge in [0.2, 0.25) is 0 Å². The van der Waals surface area contributed by atoms with Crippen molar-refractivity contribution in [3.8, 4) is 0 Å². The zero-order chi connectivity index (χ0) is 12.7. The maximum absolute atomic E-state index is 6.17. The van der Waals surface area contributed by atoms with Gasteiger partial charge in [0.05, 0.1) is 5.66 Å². The van der Waals surface area contributed by atoms with Crippen LogP contribution in [0.1, 0.15) is 13.8 Å². The fourth-order valence-electron chi connectivity index (χ4n) is 1.46. The zero-order valence-corrected chi connectivity index (χ0v) is 12.3. The molecule has 0 saturated carbocycles. The third-order valence-corrected chi connectivity index (χ3v) is 3.82. The van der Waals surface area contributed by atoms with E-state index in [1.807, 2.05) is 14.0 Å². The summed E-state index contributed by atoms with van der Waals surface area (Å²) in [5.41, 5.74) is 5.65. The zero-order valence-electron chi connectivity index (χ0n) is 10.5. The molecule has 0 heterocycles. The second-order valence-corrected chi connectivity index (χ2v) is 5.08. The first-order chi connectivity index (χ1) is 7.45. The van der Waals surface area contributed by atoms with Crippen LogP contribution < -0.4 is 21.7 Å². The van der Waals surface area contributed by atoms with Crippen molar-refractivity contribution in [2.75, 3.05) is 38.2 Å². The fourth-order valence-corrected chi connectivity index (χ4v) is 1.91. The molecular weight excluding hydrogens is 240 g/mol. The first kappa shape index (κ1) is 16.5. The van der Waals surface area contributed by atoms with Crippen LogP contribution in [0.15, 0.2) is 0 Å². The van der Waals surface area contributed by atoms with E-state index in [-0.39, 0.29) is 5.54 Å². The molecule has 0 saturated heterocycles. The average molecular weight is 266 g/mol. The molecule has 0 aliphatic heterocycles. The maximum Gasteiger partial charge on any atom is 0.0880 e. The summed E-state index contributed by atoms with van der Waals surface area (Å²) in [4.78, 5) is 0. The Morgan fingerprint density at radius 3 is 2.12 bits per heavy atom. The van der Waals surface area contributed by atoms with Crippen LogP contribution in [-0.2, 0) is 0 Å². The van der Waals surface area contributed by atoms with Gasteiger partial charge in [-0.05, 0) is 20.5 Å². The second kappa shape index (κ2) is 7.79. The number of hydrogen-bond donors (Lipinski definition) is 6. The molecule has 0 rings (SSSR count). The van der Waals surface area contributed by atoms with Gasteiger partial charge in [0, 0.05) is 30.1 Å². The molecule has 0 aromatic heterocycles. The predicted octanol–water partition coefficient (Wildman–Crippen LogP) is -0.322. The van der Waals surface area contributed by atoms with E-state index in [2.05, 4.69) is 48.1 Å². The van der Waals surface area contributed by atoms with Crippen molar-refractivity contribution in [2.45, 2.75) is 25.0 Å². The highest BCUT2D eigenvalue weighted by atomic mass is 32.1. The lowest BCUT2D eigenvalue weighted by Gasteiger charge is -2.36. The van der Waals surface area contributed by atoms with Crippen LogP contribution >= 0.6 is 25.3 Å². The van der Waals surface area contributed by atoms with Crippen molar-refractivity contribution in [2.24, 2.45) is 5.73 Å². The van der Waals surface area contributed by atoms with Crippen LogP contribution in [0.25, 0.3) is 0 Å². The van der Waals surface area contributed by atoms with Gasteiger partial charge in [0.1, 0.15) is 0 Å². The Bertz CT molecular complexity index is 174. The highest BCUT2D eigenvalue weighted by Crippen LogP contribution is 2.07. The van der Waals surface area contributed by atoms with Crippen LogP contribution in [-0.4, -0.2) is 49.4 Å². The highest BCUT2D eigenvalue weighted by molar-refractivity contribution is 7.80. The van der Waals surface area contributed by atoms with Gasteiger partial charge in [-0.2, -0.15) is 25.3 Å². The Kier molecular flexibility index (Phi) is 8.05. The minimum absolute atomic E-state index is 0.0547. The van der Waals surface area contributed by atoms with Crippen molar-refractivity contribution < 1.29 is 0 Å². The van der Waals surface area contributed by atoms with E-state index in [9.17, 15) is 0 Å². The van der Waals surface area contributed by atoms with Gasteiger partial charge in [-0.3, -0.25) is 5.32 Å². The van der Waals surface area contributed by atoms with Crippen molar-refractivity contribution >= 4 is 25.3 Å². The summed E-state index contributed by atoms with van der Waals surface area (Å²) in [5.74, 6) is 1.35. The van der Waals surface area contributed by atoms with Gasteiger partial charge >= 0.3 is 0 Å². The van der Waals surface area contributed by atoms with Crippen molar-refractivity contribution in [3.05, 3.63) is 0 Å². The SMILES string of the molecule is CCNC(N)(CS)CNC(C)(CS)CNC. The number of nitrogens with one attached hydrogen (secondary N) is 3.